The van der Waals surface area contributed by atoms with E-state index in [2.05, 4.69) is 36.2 Å². The SMILES string of the molecule is CN(CCCc1ccc(OC(C)(C)C(=O)COc2ccc(C(=O)OC(C)(C)C)cc2)cc1)CC(c1ccc(Cl)cc1)c1ccc(Cl)cc1. The van der Waals surface area contributed by atoms with Gasteiger partial charge in [-0.3, -0.25) is 4.79 Å². The average molecular weight is 691 g/mol. The molecule has 4 rings (SSSR count). The Bertz CT molecular complexity index is 1580. The zero-order chi connectivity index (χ0) is 34.9. The molecule has 6 nitrogen and oxygen atoms in total. The fourth-order valence-corrected chi connectivity index (χ4v) is 5.42. The number of rotatable bonds is 15. The highest BCUT2D eigenvalue weighted by Gasteiger charge is 2.30. The van der Waals surface area contributed by atoms with E-state index in [1.807, 2.05) is 69.3 Å². The Hall–Kier alpha value is -3.84. The maximum absolute atomic E-state index is 13.0. The summed E-state index contributed by atoms with van der Waals surface area (Å²) in [6, 6.07) is 30.6. The van der Waals surface area contributed by atoms with Crippen molar-refractivity contribution in [2.24, 2.45) is 0 Å². The molecule has 0 bridgehead atoms. The molecule has 0 aliphatic rings. The first-order valence-corrected chi connectivity index (χ1v) is 16.9. The summed E-state index contributed by atoms with van der Waals surface area (Å²) >= 11 is 12.3. The number of aryl methyl sites for hydroxylation is 1. The summed E-state index contributed by atoms with van der Waals surface area (Å²) in [5.74, 6) is 0.673. The van der Waals surface area contributed by atoms with Crippen LogP contribution in [-0.2, 0) is 16.0 Å². The van der Waals surface area contributed by atoms with E-state index in [1.165, 1.54) is 16.7 Å². The second-order valence-corrected chi connectivity index (χ2v) is 14.4. The number of halogens is 2. The maximum atomic E-state index is 13.0. The number of carbonyl (C=O) groups is 2. The molecule has 0 unspecified atom stereocenters. The number of hydrogen-bond acceptors (Lipinski definition) is 6. The van der Waals surface area contributed by atoms with Crippen molar-refractivity contribution in [2.75, 3.05) is 26.7 Å². The van der Waals surface area contributed by atoms with E-state index in [0.717, 1.165) is 36.0 Å². The molecule has 0 aliphatic heterocycles. The molecule has 0 radical (unpaired) electrons. The number of Topliss-reactive ketones (excluding diaryl/α,β-unsaturated/α-hetero) is 1. The third-order valence-electron chi connectivity index (χ3n) is 7.87. The van der Waals surface area contributed by atoms with E-state index >= 15 is 0 Å². The van der Waals surface area contributed by atoms with Crippen LogP contribution in [0.15, 0.2) is 97.1 Å². The van der Waals surface area contributed by atoms with Crippen LogP contribution < -0.4 is 9.47 Å². The first-order chi connectivity index (χ1) is 22.7. The van der Waals surface area contributed by atoms with Gasteiger partial charge < -0.3 is 19.1 Å². The van der Waals surface area contributed by atoms with Crippen molar-refractivity contribution in [1.82, 2.24) is 4.90 Å². The maximum Gasteiger partial charge on any atom is 0.338 e. The molecule has 4 aromatic rings. The standard InChI is InChI=1S/C40H45Cl2NO5/c1-39(2,3)48-38(45)31-15-23-34(24-16-31)46-27-37(44)40(4,5)47-35-21-9-28(10-22-35)8-7-25-43(6)26-36(29-11-17-32(41)18-12-29)30-13-19-33(42)20-14-30/h9-24,36H,7-8,25-27H2,1-6H3. The normalized spacial score (nSPS) is 11.9. The molecular weight excluding hydrogens is 645 g/mol. The van der Waals surface area contributed by atoms with Crippen LogP contribution in [0, 0.1) is 0 Å². The Balaban J connectivity index is 1.24. The van der Waals surface area contributed by atoms with Gasteiger partial charge in [-0.1, -0.05) is 59.6 Å². The second kappa shape index (κ2) is 16.5. The van der Waals surface area contributed by atoms with Crippen LogP contribution in [0.3, 0.4) is 0 Å². The fourth-order valence-electron chi connectivity index (χ4n) is 5.17. The summed E-state index contributed by atoms with van der Waals surface area (Å²) < 4.78 is 17.2. The fraction of sp³-hybridized carbons (Fsp3) is 0.350. The number of carbonyl (C=O) groups excluding carboxylic acids is 2. The van der Waals surface area contributed by atoms with Crippen LogP contribution in [-0.4, -0.2) is 54.6 Å². The number of benzene rings is 4. The van der Waals surface area contributed by atoms with Crippen LogP contribution in [0.4, 0.5) is 0 Å². The van der Waals surface area contributed by atoms with Crippen molar-refractivity contribution in [3.63, 3.8) is 0 Å². The monoisotopic (exact) mass is 689 g/mol. The number of hydrogen-bond donors (Lipinski definition) is 0. The Morgan fingerprint density at radius 1 is 0.729 bits per heavy atom. The van der Waals surface area contributed by atoms with Gasteiger partial charge in [0.25, 0.3) is 0 Å². The summed E-state index contributed by atoms with van der Waals surface area (Å²) in [4.78, 5) is 27.6. The van der Waals surface area contributed by atoms with Crippen molar-refractivity contribution in [3.8, 4) is 11.5 Å². The van der Waals surface area contributed by atoms with E-state index < -0.39 is 17.2 Å². The van der Waals surface area contributed by atoms with Crippen LogP contribution in [0.5, 0.6) is 11.5 Å². The molecule has 0 N–H and O–H groups in total. The molecule has 0 saturated heterocycles. The molecule has 0 saturated carbocycles. The van der Waals surface area contributed by atoms with Crippen LogP contribution in [0.25, 0.3) is 0 Å². The van der Waals surface area contributed by atoms with Crippen molar-refractivity contribution in [2.45, 2.75) is 64.6 Å². The summed E-state index contributed by atoms with van der Waals surface area (Å²) in [5.41, 5.74) is 2.37. The Labute approximate surface area is 294 Å². The lowest BCUT2D eigenvalue weighted by atomic mass is 9.91. The summed E-state index contributed by atoms with van der Waals surface area (Å²) in [5, 5.41) is 1.45. The minimum Gasteiger partial charge on any atom is -0.486 e. The van der Waals surface area contributed by atoms with Crippen LogP contribution >= 0.6 is 23.2 Å². The highest BCUT2D eigenvalue weighted by molar-refractivity contribution is 6.30. The smallest absolute Gasteiger partial charge is 0.338 e. The number of nitrogens with zero attached hydrogens (tertiary/aromatic N) is 1. The summed E-state index contributed by atoms with van der Waals surface area (Å²) in [6.45, 7) is 10.5. The van der Waals surface area contributed by atoms with Crippen molar-refractivity contribution in [1.29, 1.82) is 0 Å². The summed E-state index contributed by atoms with van der Waals surface area (Å²) in [7, 11) is 2.15. The highest BCUT2D eigenvalue weighted by Crippen LogP contribution is 2.28. The average Bonchev–Trinajstić information content (AvgIpc) is 3.03. The van der Waals surface area contributed by atoms with Crippen molar-refractivity contribution in [3.05, 3.63) is 129 Å². The van der Waals surface area contributed by atoms with Crippen LogP contribution in [0.1, 0.15) is 74.0 Å². The molecule has 0 fully saturated rings. The van der Waals surface area contributed by atoms with E-state index in [1.54, 1.807) is 38.1 Å². The third-order valence-corrected chi connectivity index (χ3v) is 8.37. The Kier molecular flexibility index (Phi) is 12.7. The van der Waals surface area contributed by atoms with Gasteiger partial charge in [-0.15, -0.1) is 0 Å². The van der Waals surface area contributed by atoms with Gasteiger partial charge in [0.05, 0.1) is 5.56 Å². The van der Waals surface area contributed by atoms with Gasteiger partial charge in [-0.05, 0) is 138 Å². The van der Waals surface area contributed by atoms with E-state index in [-0.39, 0.29) is 18.3 Å². The Morgan fingerprint density at radius 3 is 1.77 bits per heavy atom. The molecule has 0 aromatic heterocycles. The minimum atomic E-state index is -1.09. The molecule has 8 heteroatoms. The van der Waals surface area contributed by atoms with Gasteiger partial charge >= 0.3 is 5.97 Å². The zero-order valence-corrected chi connectivity index (χ0v) is 30.1. The topological polar surface area (TPSA) is 65.1 Å². The molecule has 0 aliphatic carbocycles. The Morgan fingerprint density at radius 2 is 1.25 bits per heavy atom. The molecule has 0 amide bonds. The van der Waals surface area contributed by atoms with Gasteiger partial charge in [0, 0.05) is 22.5 Å². The largest absolute Gasteiger partial charge is 0.486 e. The zero-order valence-electron chi connectivity index (χ0n) is 28.6. The lowest BCUT2D eigenvalue weighted by Crippen LogP contribution is -2.41. The third kappa shape index (κ3) is 11.4. The number of ether oxygens (including phenoxy) is 3. The van der Waals surface area contributed by atoms with E-state index in [4.69, 9.17) is 37.4 Å². The minimum absolute atomic E-state index is 0.165. The highest BCUT2D eigenvalue weighted by atomic mass is 35.5. The number of likely N-dealkylation sites (N-methyl/N-ethyl adjacent to an activating group) is 1. The lowest BCUT2D eigenvalue weighted by molar-refractivity contribution is -0.134. The van der Waals surface area contributed by atoms with Crippen molar-refractivity contribution >= 4 is 35.0 Å². The predicted molar refractivity (Wildman–Crippen MR) is 194 cm³/mol. The van der Waals surface area contributed by atoms with Gasteiger partial charge in [0.2, 0.25) is 5.78 Å². The first kappa shape index (κ1) is 37.0. The molecule has 0 spiro atoms. The van der Waals surface area contributed by atoms with Crippen LogP contribution in [0.2, 0.25) is 10.0 Å². The molecule has 48 heavy (non-hydrogen) atoms. The second-order valence-electron chi connectivity index (χ2n) is 13.5. The molecule has 254 valence electrons. The van der Waals surface area contributed by atoms with Gasteiger partial charge in [0.1, 0.15) is 17.1 Å². The molecule has 4 aromatic carbocycles. The van der Waals surface area contributed by atoms with E-state index in [9.17, 15) is 9.59 Å². The quantitative estimate of drug-likeness (QED) is 0.116. The van der Waals surface area contributed by atoms with Gasteiger partial charge in [-0.2, -0.15) is 0 Å². The number of esters is 1. The first-order valence-electron chi connectivity index (χ1n) is 16.2. The number of ketones is 1. The molecular formula is C40H45Cl2NO5. The molecule has 0 heterocycles. The lowest BCUT2D eigenvalue weighted by Gasteiger charge is -2.25. The van der Waals surface area contributed by atoms with Crippen molar-refractivity contribution < 1.29 is 23.8 Å². The van der Waals surface area contributed by atoms with E-state index in [0.29, 0.717) is 17.1 Å². The predicted octanol–water partition coefficient (Wildman–Crippen LogP) is 9.45. The van der Waals surface area contributed by atoms with Gasteiger partial charge in [0.15, 0.2) is 12.2 Å². The van der Waals surface area contributed by atoms with Gasteiger partial charge in [-0.25, -0.2) is 4.79 Å². The summed E-state index contributed by atoms with van der Waals surface area (Å²) in [6.07, 6.45) is 1.91. The molecule has 0 atom stereocenters.